The normalized spacial score (nSPS) is 13.7. The molecular weight excluding hydrogens is 256 g/mol. The highest BCUT2D eigenvalue weighted by atomic mass is 16.2. The molecule has 1 fully saturated rings. The SMILES string of the molecule is CCNc1cnccc1C(=O)NCCC(=O)NC1CC1. The number of rotatable bonds is 7. The van der Waals surface area contributed by atoms with Gasteiger partial charge < -0.3 is 16.0 Å². The number of aromatic nitrogens is 1. The predicted octanol–water partition coefficient (Wildman–Crippen LogP) is 0.912. The molecule has 1 saturated carbocycles. The third-order valence-electron chi connectivity index (χ3n) is 3.01. The largest absolute Gasteiger partial charge is 0.383 e. The standard InChI is InChI=1S/C14H20N4O2/c1-2-16-12-9-15-7-5-11(12)14(20)17-8-6-13(19)18-10-3-4-10/h5,7,9-10,16H,2-4,6,8H2,1H3,(H,17,20)(H,18,19). The van der Waals surface area contributed by atoms with Gasteiger partial charge >= 0.3 is 0 Å². The molecule has 0 atom stereocenters. The molecule has 2 rings (SSSR count). The van der Waals surface area contributed by atoms with E-state index in [2.05, 4.69) is 20.9 Å². The van der Waals surface area contributed by atoms with Gasteiger partial charge in [-0.15, -0.1) is 0 Å². The van der Waals surface area contributed by atoms with Crippen LogP contribution in [0.15, 0.2) is 18.5 Å². The summed E-state index contributed by atoms with van der Waals surface area (Å²) in [6, 6.07) is 2.02. The maximum absolute atomic E-state index is 12.0. The maximum atomic E-state index is 12.0. The van der Waals surface area contributed by atoms with Crippen LogP contribution in [-0.2, 0) is 4.79 Å². The second-order valence-electron chi connectivity index (χ2n) is 4.80. The molecule has 0 aromatic carbocycles. The molecule has 0 bridgehead atoms. The lowest BCUT2D eigenvalue weighted by molar-refractivity contribution is -0.121. The van der Waals surface area contributed by atoms with E-state index in [0.717, 1.165) is 19.4 Å². The second kappa shape index (κ2) is 6.88. The quantitative estimate of drug-likeness (QED) is 0.691. The Balaban J connectivity index is 1.80. The summed E-state index contributed by atoms with van der Waals surface area (Å²) in [6.07, 6.45) is 5.65. The monoisotopic (exact) mass is 276 g/mol. The van der Waals surface area contributed by atoms with Crippen molar-refractivity contribution in [1.82, 2.24) is 15.6 Å². The Morgan fingerprint density at radius 1 is 1.40 bits per heavy atom. The van der Waals surface area contributed by atoms with E-state index in [1.54, 1.807) is 18.5 Å². The third-order valence-corrected chi connectivity index (χ3v) is 3.01. The van der Waals surface area contributed by atoms with Gasteiger partial charge in [0, 0.05) is 31.7 Å². The van der Waals surface area contributed by atoms with Crippen LogP contribution in [0.2, 0.25) is 0 Å². The molecule has 1 heterocycles. The summed E-state index contributed by atoms with van der Waals surface area (Å²) in [5.74, 6) is -0.197. The molecule has 6 nitrogen and oxygen atoms in total. The van der Waals surface area contributed by atoms with E-state index in [-0.39, 0.29) is 11.8 Å². The first-order valence-electron chi connectivity index (χ1n) is 6.96. The molecule has 1 aromatic heterocycles. The van der Waals surface area contributed by atoms with Crippen LogP contribution in [0.3, 0.4) is 0 Å². The van der Waals surface area contributed by atoms with Gasteiger partial charge in [-0.3, -0.25) is 14.6 Å². The number of carbonyl (C=O) groups excluding carboxylic acids is 2. The summed E-state index contributed by atoms with van der Waals surface area (Å²) in [5, 5.41) is 8.73. The summed E-state index contributed by atoms with van der Waals surface area (Å²) in [7, 11) is 0. The molecule has 3 N–H and O–H groups in total. The number of pyridine rings is 1. The maximum Gasteiger partial charge on any atom is 0.253 e. The zero-order valence-electron chi connectivity index (χ0n) is 11.6. The molecule has 1 aromatic rings. The average Bonchev–Trinajstić information content (AvgIpc) is 3.23. The highest BCUT2D eigenvalue weighted by Crippen LogP contribution is 2.18. The van der Waals surface area contributed by atoms with Crippen molar-refractivity contribution in [3.8, 4) is 0 Å². The Bertz CT molecular complexity index is 486. The molecule has 2 amide bonds. The Labute approximate surface area is 118 Å². The first kappa shape index (κ1) is 14.3. The minimum absolute atomic E-state index is 0.00515. The van der Waals surface area contributed by atoms with Gasteiger partial charge in [-0.05, 0) is 25.8 Å². The Kier molecular flexibility index (Phi) is 4.92. The van der Waals surface area contributed by atoms with E-state index in [1.807, 2.05) is 6.92 Å². The van der Waals surface area contributed by atoms with Crippen LogP contribution in [0.25, 0.3) is 0 Å². The number of carbonyl (C=O) groups is 2. The van der Waals surface area contributed by atoms with Crippen molar-refractivity contribution < 1.29 is 9.59 Å². The van der Waals surface area contributed by atoms with Crippen LogP contribution in [0.1, 0.15) is 36.5 Å². The fraction of sp³-hybridized carbons (Fsp3) is 0.500. The minimum Gasteiger partial charge on any atom is -0.383 e. The van der Waals surface area contributed by atoms with Gasteiger partial charge in [0.05, 0.1) is 17.4 Å². The van der Waals surface area contributed by atoms with Crippen molar-refractivity contribution in [2.45, 2.75) is 32.2 Å². The fourth-order valence-corrected chi connectivity index (χ4v) is 1.84. The molecule has 6 heteroatoms. The predicted molar refractivity (Wildman–Crippen MR) is 76.5 cm³/mol. The van der Waals surface area contributed by atoms with Crippen LogP contribution in [0.5, 0.6) is 0 Å². The Morgan fingerprint density at radius 2 is 2.20 bits per heavy atom. The van der Waals surface area contributed by atoms with E-state index in [4.69, 9.17) is 0 Å². The third kappa shape index (κ3) is 4.22. The van der Waals surface area contributed by atoms with Gasteiger partial charge in [0.2, 0.25) is 5.91 Å². The molecule has 1 aliphatic carbocycles. The van der Waals surface area contributed by atoms with Crippen LogP contribution < -0.4 is 16.0 Å². The van der Waals surface area contributed by atoms with Gasteiger partial charge in [0.25, 0.3) is 5.91 Å². The van der Waals surface area contributed by atoms with Gasteiger partial charge in [0.1, 0.15) is 0 Å². The summed E-state index contributed by atoms with van der Waals surface area (Å²) >= 11 is 0. The van der Waals surface area contributed by atoms with E-state index < -0.39 is 0 Å². The molecule has 0 radical (unpaired) electrons. The van der Waals surface area contributed by atoms with Crippen molar-refractivity contribution in [3.05, 3.63) is 24.0 Å². The van der Waals surface area contributed by atoms with Crippen molar-refractivity contribution in [2.75, 3.05) is 18.4 Å². The van der Waals surface area contributed by atoms with Gasteiger partial charge in [0.15, 0.2) is 0 Å². The first-order chi connectivity index (χ1) is 9.70. The summed E-state index contributed by atoms with van der Waals surface area (Å²) in [6.45, 7) is 3.01. The lowest BCUT2D eigenvalue weighted by Crippen LogP contribution is -2.32. The van der Waals surface area contributed by atoms with Gasteiger partial charge in [-0.25, -0.2) is 0 Å². The molecule has 0 saturated heterocycles. The van der Waals surface area contributed by atoms with Crippen molar-refractivity contribution in [3.63, 3.8) is 0 Å². The van der Waals surface area contributed by atoms with Crippen molar-refractivity contribution in [2.24, 2.45) is 0 Å². The summed E-state index contributed by atoms with van der Waals surface area (Å²) in [5.41, 5.74) is 1.25. The van der Waals surface area contributed by atoms with E-state index >= 15 is 0 Å². The van der Waals surface area contributed by atoms with Crippen molar-refractivity contribution in [1.29, 1.82) is 0 Å². The molecule has 1 aliphatic rings. The van der Waals surface area contributed by atoms with E-state index in [0.29, 0.717) is 30.3 Å². The van der Waals surface area contributed by atoms with E-state index in [9.17, 15) is 9.59 Å². The van der Waals surface area contributed by atoms with Gasteiger partial charge in [-0.2, -0.15) is 0 Å². The number of anilines is 1. The highest BCUT2D eigenvalue weighted by molar-refractivity contribution is 5.99. The zero-order valence-corrected chi connectivity index (χ0v) is 11.6. The lowest BCUT2D eigenvalue weighted by atomic mass is 10.2. The first-order valence-corrected chi connectivity index (χ1v) is 6.96. The summed E-state index contributed by atoms with van der Waals surface area (Å²) < 4.78 is 0. The average molecular weight is 276 g/mol. The molecule has 20 heavy (non-hydrogen) atoms. The van der Waals surface area contributed by atoms with Crippen LogP contribution in [0, 0.1) is 0 Å². The zero-order chi connectivity index (χ0) is 14.4. The Hall–Kier alpha value is -2.11. The van der Waals surface area contributed by atoms with Gasteiger partial charge in [-0.1, -0.05) is 0 Å². The number of hydrogen-bond acceptors (Lipinski definition) is 4. The molecule has 0 spiro atoms. The van der Waals surface area contributed by atoms with Crippen LogP contribution >= 0.6 is 0 Å². The molecule has 108 valence electrons. The lowest BCUT2D eigenvalue weighted by Gasteiger charge is -2.10. The Morgan fingerprint density at radius 3 is 2.90 bits per heavy atom. The highest BCUT2D eigenvalue weighted by Gasteiger charge is 2.22. The van der Waals surface area contributed by atoms with Crippen molar-refractivity contribution >= 4 is 17.5 Å². The smallest absolute Gasteiger partial charge is 0.253 e. The molecule has 0 unspecified atom stereocenters. The number of nitrogens with zero attached hydrogens (tertiary/aromatic N) is 1. The minimum atomic E-state index is -0.192. The molecule has 0 aliphatic heterocycles. The van der Waals surface area contributed by atoms with Crippen LogP contribution in [0.4, 0.5) is 5.69 Å². The second-order valence-corrected chi connectivity index (χ2v) is 4.80. The number of amides is 2. The number of nitrogens with one attached hydrogen (secondary N) is 3. The van der Waals surface area contributed by atoms with E-state index in [1.165, 1.54) is 0 Å². The topological polar surface area (TPSA) is 83.1 Å². The van der Waals surface area contributed by atoms with Crippen LogP contribution in [-0.4, -0.2) is 35.9 Å². The summed E-state index contributed by atoms with van der Waals surface area (Å²) in [4.78, 5) is 27.5. The number of hydrogen-bond donors (Lipinski definition) is 3. The fourth-order valence-electron chi connectivity index (χ4n) is 1.84. The molecular formula is C14H20N4O2.